The predicted molar refractivity (Wildman–Crippen MR) is 226 cm³/mol. The number of hydrogen-bond acceptors (Lipinski definition) is 18. The third kappa shape index (κ3) is 13.2. The Morgan fingerprint density at radius 1 is 0.857 bits per heavy atom. The van der Waals surface area contributed by atoms with E-state index in [9.17, 15) is 39.9 Å². The smallest absolute Gasteiger partial charge is 0.308 e. The molecule has 0 aromatic carbocycles. The highest BCUT2D eigenvalue weighted by Gasteiger charge is 2.52. The summed E-state index contributed by atoms with van der Waals surface area (Å²) in [6.07, 6.45) is -9.08. The lowest BCUT2D eigenvalue weighted by atomic mass is 9.81. The van der Waals surface area contributed by atoms with Gasteiger partial charge in [-0.25, -0.2) is 0 Å². The molecular formula is C45H75NO17. The summed E-state index contributed by atoms with van der Waals surface area (Å²) < 4.78 is 54.4. The van der Waals surface area contributed by atoms with Crippen LogP contribution in [0.25, 0.3) is 0 Å². The first-order chi connectivity index (χ1) is 29.6. The van der Waals surface area contributed by atoms with Crippen molar-refractivity contribution in [2.24, 2.45) is 23.7 Å². The first-order valence-corrected chi connectivity index (χ1v) is 22.2. The lowest BCUT2D eigenvalue weighted by Crippen LogP contribution is -2.65. The monoisotopic (exact) mass is 902 g/mol. The zero-order valence-electron chi connectivity index (χ0n) is 39.0. The summed E-state index contributed by atoms with van der Waals surface area (Å²) in [4.78, 5) is 42.0. The molecule has 0 saturated carbocycles. The van der Waals surface area contributed by atoms with Gasteiger partial charge in [0.2, 0.25) is 0 Å². The SMILES string of the molecule is CC[C@@H]1OC(=O)C[C@H](O)[C@H](C)[C@H](O[C@@H]2O[C@H](C)[C@H](O[C@@H]3C[C@](C)(O)[C@H](O)[C@H](C)O3)[C@H](N(C)C)[C@@H]2O)[C@H](C=O)C[C@H](C)C(=O)/C=C/C(C)=C\[C@@H]1CO[C@@H]1O[C@H](C)[C@H](O)[C@@H](OC)[C@@H]1OC. The second-order valence-electron chi connectivity index (χ2n) is 18.4. The maximum atomic E-state index is 13.7. The number of aliphatic hydroxyl groups excluding tert-OH is 4. The van der Waals surface area contributed by atoms with Crippen LogP contribution in [0.15, 0.2) is 23.8 Å². The Morgan fingerprint density at radius 2 is 1.51 bits per heavy atom. The Morgan fingerprint density at radius 3 is 2.10 bits per heavy atom. The number of ether oxygens (including phenoxy) is 9. The molecule has 21 atom stereocenters. The highest BCUT2D eigenvalue weighted by molar-refractivity contribution is 5.92. The van der Waals surface area contributed by atoms with Gasteiger partial charge in [-0.2, -0.15) is 0 Å². The fourth-order valence-electron chi connectivity index (χ4n) is 9.19. The van der Waals surface area contributed by atoms with E-state index in [1.54, 1.807) is 66.6 Å². The minimum absolute atomic E-state index is 0.0117. The summed E-state index contributed by atoms with van der Waals surface area (Å²) in [5.74, 6) is -4.14. The van der Waals surface area contributed by atoms with Crippen LogP contribution in [0.1, 0.15) is 81.1 Å². The number of esters is 1. The number of rotatable bonds is 12. The van der Waals surface area contributed by atoms with E-state index in [2.05, 4.69) is 0 Å². The zero-order valence-corrected chi connectivity index (χ0v) is 39.0. The Labute approximate surface area is 372 Å². The van der Waals surface area contributed by atoms with Crippen molar-refractivity contribution in [1.29, 1.82) is 0 Å². The fourth-order valence-corrected chi connectivity index (χ4v) is 9.19. The molecule has 0 spiro atoms. The molecule has 18 heteroatoms. The molecule has 18 nitrogen and oxygen atoms in total. The van der Waals surface area contributed by atoms with Gasteiger partial charge in [0.15, 0.2) is 24.7 Å². The molecule has 0 bridgehead atoms. The van der Waals surface area contributed by atoms with Gasteiger partial charge in [-0.3, -0.25) is 9.59 Å². The van der Waals surface area contributed by atoms with E-state index in [4.69, 9.17) is 42.6 Å². The van der Waals surface area contributed by atoms with Crippen LogP contribution in [0.4, 0.5) is 0 Å². The molecule has 4 rings (SSSR count). The van der Waals surface area contributed by atoms with Crippen molar-refractivity contribution in [2.45, 2.75) is 185 Å². The quantitative estimate of drug-likeness (QED) is 0.138. The number of nitrogens with zero attached hydrogens (tertiary/aromatic N) is 1. The number of aldehydes is 1. The van der Waals surface area contributed by atoms with Crippen LogP contribution < -0.4 is 0 Å². The molecule has 0 aromatic heterocycles. The summed E-state index contributed by atoms with van der Waals surface area (Å²) in [5.41, 5.74) is -0.826. The molecule has 4 aliphatic heterocycles. The molecule has 63 heavy (non-hydrogen) atoms. The van der Waals surface area contributed by atoms with Crippen LogP contribution in [-0.4, -0.2) is 187 Å². The number of carbonyl (C=O) groups excluding carboxylic acids is 3. The van der Waals surface area contributed by atoms with Gasteiger partial charge >= 0.3 is 5.97 Å². The largest absolute Gasteiger partial charge is 0.462 e. The Balaban J connectivity index is 1.60. The molecular weight excluding hydrogens is 826 g/mol. The number of ketones is 1. The number of cyclic esters (lactones) is 1. The number of likely N-dealkylation sites (N-methyl/N-ethyl adjacent to an activating group) is 1. The van der Waals surface area contributed by atoms with Crippen molar-refractivity contribution in [2.75, 3.05) is 34.9 Å². The molecule has 3 saturated heterocycles. The molecule has 4 heterocycles. The number of carbonyl (C=O) groups is 3. The predicted octanol–water partition coefficient (Wildman–Crippen LogP) is 1.44. The van der Waals surface area contributed by atoms with Crippen molar-refractivity contribution in [3.8, 4) is 0 Å². The Bertz CT molecular complexity index is 1540. The van der Waals surface area contributed by atoms with Gasteiger partial charge in [-0.1, -0.05) is 38.5 Å². The standard InChI is InChI=1S/C45H75NO17/c1-13-32-29(21-57-44-41(56-12)40(55-11)36(51)25(5)59-44)16-22(2)14-15-30(48)23(3)17-28(20-47)38(24(4)31(49)18-33(50)61-32)63-43-37(52)35(46(9)10)39(26(6)60-43)62-34-19-45(8,54)42(53)27(7)58-34/h14-16,20,23-29,31-32,34-44,49,51-54H,13,17-19,21H2,1-12H3/b15-14+,22-16-/t23-,24-,25+,26+,27-,28-,29+,31-,32-,34+,35+,36-,37-,38-,39-,40+,41-,42+,43-,44+,45-/m0/s1. The third-order valence-electron chi connectivity index (χ3n) is 13.1. The summed E-state index contributed by atoms with van der Waals surface area (Å²) in [7, 11) is 6.40. The van der Waals surface area contributed by atoms with E-state index >= 15 is 0 Å². The Kier molecular flexibility index (Phi) is 19.9. The van der Waals surface area contributed by atoms with Crippen LogP contribution in [0.5, 0.6) is 0 Å². The van der Waals surface area contributed by atoms with Crippen LogP contribution in [-0.2, 0) is 57.0 Å². The Hall–Kier alpha value is -2.27. The first-order valence-electron chi connectivity index (χ1n) is 22.2. The molecule has 4 aliphatic rings. The minimum Gasteiger partial charge on any atom is -0.462 e. The maximum Gasteiger partial charge on any atom is 0.308 e. The van der Waals surface area contributed by atoms with Crippen molar-refractivity contribution in [3.05, 3.63) is 23.8 Å². The lowest BCUT2D eigenvalue weighted by Gasteiger charge is -2.50. The third-order valence-corrected chi connectivity index (χ3v) is 13.1. The van der Waals surface area contributed by atoms with Gasteiger partial charge in [-0.15, -0.1) is 0 Å². The number of allylic oxidation sites excluding steroid dienone is 3. The van der Waals surface area contributed by atoms with Gasteiger partial charge in [-0.05, 0) is 67.6 Å². The second kappa shape index (κ2) is 23.5. The van der Waals surface area contributed by atoms with Gasteiger partial charge in [0.1, 0.15) is 49.0 Å². The average Bonchev–Trinajstić information content (AvgIpc) is 3.22. The summed E-state index contributed by atoms with van der Waals surface area (Å²) in [6.45, 7) is 13.5. The number of aliphatic hydroxyl groups is 5. The van der Waals surface area contributed by atoms with E-state index < -0.39 is 140 Å². The average molecular weight is 902 g/mol. The zero-order chi connectivity index (χ0) is 47.1. The molecule has 0 aromatic rings. The van der Waals surface area contributed by atoms with Crippen molar-refractivity contribution in [1.82, 2.24) is 4.90 Å². The summed E-state index contributed by atoms with van der Waals surface area (Å²) in [6, 6.07) is -0.767. The molecule has 0 aliphatic carbocycles. The summed E-state index contributed by atoms with van der Waals surface area (Å²) >= 11 is 0. The van der Waals surface area contributed by atoms with Crippen molar-refractivity contribution < 1.29 is 82.5 Å². The van der Waals surface area contributed by atoms with Crippen LogP contribution in [0, 0.1) is 23.7 Å². The summed E-state index contributed by atoms with van der Waals surface area (Å²) in [5, 5.41) is 55.5. The molecule has 0 unspecified atom stereocenters. The lowest BCUT2D eigenvalue weighted by molar-refractivity contribution is -0.341. The molecule has 3 fully saturated rings. The van der Waals surface area contributed by atoms with E-state index in [0.29, 0.717) is 18.3 Å². The molecule has 0 radical (unpaired) electrons. The van der Waals surface area contributed by atoms with E-state index in [1.165, 1.54) is 27.2 Å². The van der Waals surface area contributed by atoms with Gasteiger partial charge < -0.3 is 77.9 Å². The normalized spacial score (nSPS) is 46.5. The highest BCUT2D eigenvalue weighted by atomic mass is 16.7. The molecule has 362 valence electrons. The minimum atomic E-state index is -1.49. The fraction of sp³-hybridized carbons (Fsp3) is 0.844. The van der Waals surface area contributed by atoms with E-state index in [-0.39, 0.29) is 25.2 Å². The van der Waals surface area contributed by atoms with Crippen LogP contribution in [0.3, 0.4) is 0 Å². The maximum absolute atomic E-state index is 13.7. The van der Waals surface area contributed by atoms with Crippen LogP contribution in [0.2, 0.25) is 0 Å². The van der Waals surface area contributed by atoms with Crippen molar-refractivity contribution >= 4 is 18.0 Å². The van der Waals surface area contributed by atoms with Crippen LogP contribution >= 0.6 is 0 Å². The van der Waals surface area contributed by atoms with Gasteiger partial charge in [0.25, 0.3) is 0 Å². The second-order valence-corrected chi connectivity index (χ2v) is 18.4. The van der Waals surface area contributed by atoms with E-state index in [1.807, 2.05) is 13.0 Å². The molecule has 5 N–H and O–H groups in total. The van der Waals surface area contributed by atoms with Crippen molar-refractivity contribution in [3.63, 3.8) is 0 Å². The van der Waals surface area contributed by atoms with Gasteiger partial charge in [0.05, 0.1) is 55.2 Å². The number of hydrogen-bond donors (Lipinski definition) is 5. The topological polar surface area (TPSA) is 239 Å². The highest BCUT2D eigenvalue weighted by Crippen LogP contribution is 2.37. The number of methoxy groups -OCH3 is 2. The van der Waals surface area contributed by atoms with Gasteiger partial charge in [0, 0.05) is 44.3 Å². The van der Waals surface area contributed by atoms with E-state index in [0.717, 1.165) is 0 Å². The first kappa shape index (κ1) is 53.3. The molecule has 0 amide bonds.